The number of benzene rings is 1. The smallest absolute Gasteiger partial charge is 0.305 e. The van der Waals surface area contributed by atoms with Crippen LogP contribution in [-0.4, -0.2) is 20.8 Å². The van der Waals surface area contributed by atoms with Crippen LogP contribution in [0.5, 0.6) is 0 Å². The van der Waals surface area contributed by atoms with Crippen molar-refractivity contribution in [1.82, 2.24) is 9.97 Å². The van der Waals surface area contributed by atoms with E-state index in [4.69, 9.17) is 0 Å². The summed E-state index contributed by atoms with van der Waals surface area (Å²) in [5.74, 6) is -1.41. The number of carbonyl (C=O) groups is 1. The predicted molar refractivity (Wildman–Crippen MR) is 59.6 cm³/mol. The molecule has 92 valence electrons. The predicted octanol–water partition coefficient (Wildman–Crippen LogP) is 1.71. The van der Waals surface area contributed by atoms with Gasteiger partial charge in [0.05, 0.1) is 4.92 Å². The van der Waals surface area contributed by atoms with Crippen molar-refractivity contribution < 1.29 is 14.1 Å². The molecule has 0 aliphatic carbocycles. The third-order valence-corrected chi connectivity index (χ3v) is 2.14. The molecule has 1 aromatic heterocycles. The summed E-state index contributed by atoms with van der Waals surface area (Å²) in [7, 11) is 0. The van der Waals surface area contributed by atoms with Gasteiger partial charge >= 0.3 is 5.69 Å². The van der Waals surface area contributed by atoms with Gasteiger partial charge in [-0.25, -0.2) is 4.98 Å². The van der Waals surface area contributed by atoms with E-state index in [0.717, 1.165) is 18.2 Å². The molecule has 2 rings (SSSR count). The van der Waals surface area contributed by atoms with Crippen molar-refractivity contribution in [2.75, 3.05) is 5.32 Å². The molecule has 0 aliphatic rings. The van der Waals surface area contributed by atoms with Crippen LogP contribution < -0.4 is 5.32 Å². The summed E-state index contributed by atoms with van der Waals surface area (Å²) >= 11 is 0. The molecule has 0 atom stereocenters. The molecule has 0 saturated carbocycles. The van der Waals surface area contributed by atoms with Crippen molar-refractivity contribution in [2.45, 2.75) is 0 Å². The zero-order chi connectivity index (χ0) is 13.1. The van der Waals surface area contributed by atoms with Crippen LogP contribution >= 0.6 is 0 Å². The maximum Gasteiger partial charge on any atom is 0.305 e. The van der Waals surface area contributed by atoms with E-state index in [1.54, 1.807) is 0 Å². The van der Waals surface area contributed by atoms with Crippen molar-refractivity contribution in [1.29, 1.82) is 0 Å². The van der Waals surface area contributed by atoms with Gasteiger partial charge in [-0.2, -0.15) is 4.39 Å². The van der Waals surface area contributed by atoms with Gasteiger partial charge in [-0.05, 0) is 12.1 Å². The van der Waals surface area contributed by atoms with Gasteiger partial charge in [0.15, 0.2) is 0 Å². The SMILES string of the molecule is O=C(Nc1ncc[nH]1)c1ccc(F)c([N+](=O)[O-])c1. The van der Waals surface area contributed by atoms with Gasteiger partial charge in [0.25, 0.3) is 5.91 Å². The number of hydrogen-bond donors (Lipinski definition) is 2. The summed E-state index contributed by atoms with van der Waals surface area (Å²) in [5, 5.41) is 12.9. The molecule has 0 radical (unpaired) electrons. The number of nitrogens with one attached hydrogen (secondary N) is 2. The molecule has 0 unspecified atom stereocenters. The van der Waals surface area contributed by atoms with Crippen molar-refractivity contribution in [2.24, 2.45) is 0 Å². The van der Waals surface area contributed by atoms with Crippen LogP contribution in [0.2, 0.25) is 0 Å². The normalized spacial score (nSPS) is 10.1. The maximum atomic E-state index is 13.1. The Hall–Kier alpha value is -2.77. The number of aromatic nitrogens is 2. The van der Waals surface area contributed by atoms with E-state index in [9.17, 15) is 19.3 Å². The first-order chi connectivity index (χ1) is 8.58. The first kappa shape index (κ1) is 11.7. The molecule has 0 spiro atoms. The van der Waals surface area contributed by atoms with Crippen molar-refractivity contribution >= 4 is 17.5 Å². The molecule has 0 fully saturated rings. The Morgan fingerprint density at radius 3 is 2.89 bits per heavy atom. The van der Waals surface area contributed by atoms with E-state index in [0.29, 0.717) is 0 Å². The summed E-state index contributed by atoms with van der Waals surface area (Å²) in [6.07, 6.45) is 2.94. The van der Waals surface area contributed by atoms with Gasteiger partial charge in [-0.15, -0.1) is 0 Å². The number of aromatic amines is 1. The molecule has 1 heterocycles. The van der Waals surface area contributed by atoms with E-state index < -0.39 is 22.3 Å². The Kier molecular flexibility index (Phi) is 3.00. The monoisotopic (exact) mass is 250 g/mol. The Labute approximate surface area is 99.8 Å². The number of nitrogens with zero attached hydrogens (tertiary/aromatic N) is 2. The maximum absolute atomic E-state index is 13.1. The average Bonchev–Trinajstić information content (AvgIpc) is 2.81. The fourth-order valence-corrected chi connectivity index (χ4v) is 1.31. The number of H-pyrrole nitrogens is 1. The van der Waals surface area contributed by atoms with Gasteiger partial charge in [0, 0.05) is 24.0 Å². The van der Waals surface area contributed by atoms with Gasteiger partial charge in [-0.1, -0.05) is 0 Å². The highest BCUT2D eigenvalue weighted by Gasteiger charge is 2.17. The van der Waals surface area contributed by atoms with Crippen LogP contribution in [0.25, 0.3) is 0 Å². The molecule has 0 bridgehead atoms. The van der Waals surface area contributed by atoms with Crippen molar-refractivity contribution in [3.63, 3.8) is 0 Å². The number of nitro groups is 1. The molecule has 0 saturated heterocycles. The lowest BCUT2D eigenvalue weighted by Crippen LogP contribution is -2.13. The Balaban J connectivity index is 2.26. The number of rotatable bonds is 3. The van der Waals surface area contributed by atoms with Crippen LogP contribution in [0.15, 0.2) is 30.6 Å². The van der Waals surface area contributed by atoms with E-state index in [1.807, 2.05) is 0 Å². The number of carbonyl (C=O) groups excluding carboxylic acids is 1. The zero-order valence-corrected chi connectivity index (χ0v) is 8.88. The van der Waals surface area contributed by atoms with Gasteiger partial charge in [-0.3, -0.25) is 20.2 Å². The number of amides is 1. The van der Waals surface area contributed by atoms with Crippen molar-refractivity contribution in [3.8, 4) is 0 Å². The second kappa shape index (κ2) is 4.62. The number of anilines is 1. The molecule has 8 heteroatoms. The molecule has 0 aliphatic heterocycles. The van der Waals surface area contributed by atoms with Gasteiger partial charge in [0.2, 0.25) is 11.8 Å². The fraction of sp³-hybridized carbons (Fsp3) is 0. The zero-order valence-electron chi connectivity index (χ0n) is 8.88. The highest BCUT2D eigenvalue weighted by atomic mass is 19.1. The summed E-state index contributed by atoms with van der Waals surface area (Å²) < 4.78 is 13.1. The van der Waals surface area contributed by atoms with Crippen LogP contribution in [0.3, 0.4) is 0 Å². The Morgan fingerprint density at radius 1 is 1.50 bits per heavy atom. The molecular formula is C10H7FN4O3. The quantitative estimate of drug-likeness (QED) is 0.639. The van der Waals surface area contributed by atoms with E-state index in [-0.39, 0.29) is 11.5 Å². The fourth-order valence-electron chi connectivity index (χ4n) is 1.31. The molecular weight excluding hydrogens is 243 g/mol. The number of imidazole rings is 1. The first-order valence-electron chi connectivity index (χ1n) is 4.82. The minimum Gasteiger partial charge on any atom is -0.331 e. The molecule has 2 aromatic rings. The topological polar surface area (TPSA) is 101 Å². The van der Waals surface area contributed by atoms with E-state index in [1.165, 1.54) is 12.4 Å². The second-order valence-corrected chi connectivity index (χ2v) is 3.32. The molecule has 18 heavy (non-hydrogen) atoms. The minimum absolute atomic E-state index is 0.0282. The van der Waals surface area contributed by atoms with Crippen LogP contribution in [0.4, 0.5) is 16.0 Å². The Bertz CT molecular complexity index is 597. The highest BCUT2D eigenvalue weighted by molar-refractivity contribution is 6.03. The van der Waals surface area contributed by atoms with Gasteiger partial charge < -0.3 is 4.98 Å². The van der Waals surface area contributed by atoms with Crippen LogP contribution in [0, 0.1) is 15.9 Å². The summed E-state index contributed by atoms with van der Waals surface area (Å²) in [6.45, 7) is 0. The molecule has 7 nitrogen and oxygen atoms in total. The third-order valence-electron chi connectivity index (χ3n) is 2.14. The lowest BCUT2D eigenvalue weighted by atomic mass is 10.2. The van der Waals surface area contributed by atoms with Gasteiger partial charge in [0.1, 0.15) is 0 Å². The number of hydrogen-bond acceptors (Lipinski definition) is 4. The van der Waals surface area contributed by atoms with Crippen molar-refractivity contribution in [3.05, 3.63) is 52.1 Å². The molecule has 2 N–H and O–H groups in total. The molecule has 1 aromatic carbocycles. The second-order valence-electron chi connectivity index (χ2n) is 3.32. The lowest BCUT2D eigenvalue weighted by Gasteiger charge is -2.02. The molecule has 1 amide bonds. The average molecular weight is 250 g/mol. The summed E-state index contributed by atoms with van der Waals surface area (Å²) in [6, 6.07) is 2.89. The summed E-state index contributed by atoms with van der Waals surface area (Å²) in [4.78, 5) is 27.7. The van der Waals surface area contributed by atoms with Crippen LogP contribution in [0.1, 0.15) is 10.4 Å². The highest BCUT2D eigenvalue weighted by Crippen LogP contribution is 2.18. The third kappa shape index (κ3) is 2.32. The van der Waals surface area contributed by atoms with E-state index in [2.05, 4.69) is 15.3 Å². The minimum atomic E-state index is -0.991. The lowest BCUT2D eigenvalue weighted by molar-refractivity contribution is -0.387. The number of nitro benzene ring substituents is 1. The van der Waals surface area contributed by atoms with Crippen LogP contribution in [-0.2, 0) is 0 Å². The number of halogens is 1. The Morgan fingerprint density at radius 2 is 2.28 bits per heavy atom. The first-order valence-corrected chi connectivity index (χ1v) is 4.82. The summed E-state index contributed by atoms with van der Waals surface area (Å²) in [5.41, 5.74) is -0.776. The van der Waals surface area contributed by atoms with E-state index >= 15 is 0 Å². The standard InChI is InChI=1S/C10H7FN4O3/c11-7-2-1-6(5-8(7)15(17)18)9(16)14-10-12-3-4-13-10/h1-5H,(H2,12,13,14,16). The largest absolute Gasteiger partial charge is 0.331 e.